The molecule has 3 N–H and O–H groups in total. The van der Waals surface area contributed by atoms with Crippen LogP contribution in [-0.2, 0) is 0 Å². The highest BCUT2D eigenvalue weighted by atomic mass is 16.1. The number of amides is 1. The lowest BCUT2D eigenvalue weighted by molar-refractivity contribution is 0.0936. The number of rotatable bonds is 4. The number of hydrogen-bond acceptors (Lipinski definition) is 3. The molecule has 1 unspecified atom stereocenters. The van der Waals surface area contributed by atoms with Crippen LogP contribution < -0.4 is 11.1 Å². The molecule has 88 valence electrons. The largest absolute Gasteiger partial charge is 0.398 e. The van der Waals surface area contributed by atoms with Crippen molar-refractivity contribution in [1.29, 1.82) is 0 Å². The predicted octanol–water partition coefficient (Wildman–Crippen LogP) is 1.83. The molecular formula is C12H19N3O. The second-order valence-electron chi connectivity index (χ2n) is 4.47. The summed E-state index contributed by atoms with van der Waals surface area (Å²) in [5.74, 6) is 0.403. The third kappa shape index (κ3) is 3.53. The Bertz CT molecular complexity index is 363. The number of aromatic nitrogens is 1. The van der Waals surface area contributed by atoms with Crippen LogP contribution in [-0.4, -0.2) is 16.9 Å². The van der Waals surface area contributed by atoms with E-state index in [1.807, 2.05) is 6.92 Å². The lowest BCUT2D eigenvalue weighted by Gasteiger charge is -2.16. The van der Waals surface area contributed by atoms with Crippen molar-refractivity contribution in [3.63, 3.8) is 0 Å². The molecule has 0 saturated carbocycles. The summed E-state index contributed by atoms with van der Waals surface area (Å²) in [6.07, 6.45) is 4.02. The average molecular weight is 221 g/mol. The van der Waals surface area contributed by atoms with Gasteiger partial charge < -0.3 is 11.1 Å². The average Bonchev–Trinajstić information content (AvgIpc) is 2.16. The second-order valence-corrected chi connectivity index (χ2v) is 4.47. The van der Waals surface area contributed by atoms with Crippen molar-refractivity contribution >= 4 is 11.6 Å². The predicted molar refractivity (Wildman–Crippen MR) is 65.0 cm³/mol. The van der Waals surface area contributed by atoms with Crippen LogP contribution >= 0.6 is 0 Å². The van der Waals surface area contributed by atoms with Crippen LogP contribution in [0.1, 0.15) is 37.6 Å². The molecule has 1 aromatic heterocycles. The molecule has 4 nitrogen and oxygen atoms in total. The number of carbonyl (C=O) groups is 1. The molecule has 0 spiro atoms. The maximum atomic E-state index is 11.8. The molecule has 1 aromatic rings. The summed E-state index contributed by atoms with van der Waals surface area (Å²) in [5.41, 5.74) is 6.60. The number of nitrogens with two attached hydrogens (primary N) is 1. The zero-order valence-electron chi connectivity index (χ0n) is 10.0. The molecular weight excluding hydrogens is 202 g/mol. The van der Waals surface area contributed by atoms with Gasteiger partial charge in [0.15, 0.2) is 0 Å². The third-order valence-electron chi connectivity index (χ3n) is 2.30. The summed E-state index contributed by atoms with van der Waals surface area (Å²) < 4.78 is 0. The Morgan fingerprint density at radius 3 is 2.75 bits per heavy atom. The van der Waals surface area contributed by atoms with E-state index < -0.39 is 0 Å². The quantitative estimate of drug-likeness (QED) is 0.815. The van der Waals surface area contributed by atoms with Gasteiger partial charge in [-0.3, -0.25) is 9.78 Å². The molecule has 4 heteroatoms. The summed E-state index contributed by atoms with van der Waals surface area (Å²) >= 11 is 0. The lowest BCUT2D eigenvalue weighted by atomic mass is 10.0. The normalized spacial score (nSPS) is 12.5. The van der Waals surface area contributed by atoms with Crippen molar-refractivity contribution < 1.29 is 4.79 Å². The lowest BCUT2D eigenvalue weighted by Crippen LogP contribution is -2.33. The monoisotopic (exact) mass is 221 g/mol. The number of nitrogens with one attached hydrogen (secondary N) is 1. The maximum absolute atomic E-state index is 11.8. The fourth-order valence-electron chi connectivity index (χ4n) is 1.66. The number of anilines is 1. The van der Waals surface area contributed by atoms with Crippen LogP contribution in [0, 0.1) is 5.92 Å². The van der Waals surface area contributed by atoms with Gasteiger partial charge in [-0.05, 0) is 25.3 Å². The van der Waals surface area contributed by atoms with Gasteiger partial charge >= 0.3 is 0 Å². The SMILES string of the molecule is CC(C)CC(C)NC(=O)c1cnccc1N. The first-order valence-electron chi connectivity index (χ1n) is 5.51. The van der Waals surface area contributed by atoms with Gasteiger partial charge in [0.1, 0.15) is 0 Å². The zero-order chi connectivity index (χ0) is 12.1. The molecule has 0 aromatic carbocycles. The number of nitrogens with zero attached hydrogens (tertiary/aromatic N) is 1. The zero-order valence-corrected chi connectivity index (χ0v) is 10.0. The number of nitrogen functional groups attached to an aromatic ring is 1. The molecule has 16 heavy (non-hydrogen) atoms. The first-order valence-corrected chi connectivity index (χ1v) is 5.51. The van der Waals surface area contributed by atoms with Crippen LogP contribution in [0.2, 0.25) is 0 Å². The molecule has 0 bridgehead atoms. The van der Waals surface area contributed by atoms with Gasteiger partial charge in [-0.1, -0.05) is 13.8 Å². The Morgan fingerprint density at radius 1 is 1.50 bits per heavy atom. The molecule has 1 rings (SSSR count). The van der Waals surface area contributed by atoms with Crippen molar-refractivity contribution in [2.45, 2.75) is 33.2 Å². The summed E-state index contributed by atoms with van der Waals surface area (Å²) in [5, 5.41) is 2.91. The molecule has 0 aliphatic heterocycles. The Morgan fingerprint density at radius 2 is 2.19 bits per heavy atom. The summed E-state index contributed by atoms with van der Waals surface area (Å²) in [7, 11) is 0. The highest BCUT2D eigenvalue weighted by Crippen LogP contribution is 2.10. The van der Waals surface area contributed by atoms with Gasteiger partial charge in [0.25, 0.3) is 5.91 Å². The van der Waals surface area contributed by atoms with Gasteiger partial charge in [-0.15, -0.1) is 0 Å². The Balaban J connectivity index is 2.63. The number of hydrogen-bond donors (Lipinski definition) is 2. The Labute approximate surface area is 96.3 Å². The van der Waals surface area contributed by atoms with Crippen LogP contribution in [0.25, 0.3) is 0 Å². The van der Waals surface area contributed by atoms with E-state index in [0.717, 1.165) is 6.42 Å². The molecule has 1 atom stereocenters. The molecule has 0 radical (unpaired) electrons. The van der Waals surface area contributed by atoms with E-state index in [1.54, 1.807) is 12.3 Å². The van der Waals surface area contributed by atoms with Crippen LogP contribution in [0.5, 0.6) is 0 Å². The van der Waals surface area contributed by atoms with Gasteiger partial charge in [-0.2, -0.15) is 0 Å². The third-order valence-corrected chi connectivity index (χ3v) is 2.30. The van der Waals surface area contributed by atoms with E-state index in [2.05, 4.69) is 24.1 Å². The second kappa shape index (κ2) is 5.49. The van der Waals surface area contributed by atoms with Crippen molar-refractivity contribution in [3.8, 4) is 0 Å². The number of carbonyl (C=O) groups excluding carboxylic acids is 1. The van der Waals surface area contributed by atoms with Crippen LogP contribution in [0.3, 0.4) is 0 Å². The van der Waals surface area contributed by atoms with Crippen molar-refractivity contribution in [3.05, 3.63) is 24.0 Å². The highest BCUT2D eigenvalue weighted by Gasteiger charge is 2.13. The Hall–Kier alpha value is -1.58. The van der Waals surface area contributed by atoms with E-state index in [1.165, 1.54) is 6.20 Å². The van der Waals surface area contributed by atoms with E-state index in [4.69, 9.17) is 5.73 Å². The van der Waals surface area contributed by atoms with Gasteiger partial charge in [-0.25, -0.2) is 0 Å². The molecule has 0 fully saturated rings. The van der Waals surface area contributed by atoms with E-state index in [0.29, 0.717) is 17.2 Å². The van der Waals surface area contributed by atoms with Gasteiger partial charge in [0.2, 0.25) is 0 Å². The first-order chi connectivity index (χ1) is 7.50. The van der Waals surface area contributed by atoms with Crippen LogP contribution in [0.4, 0.5) is 5.69 Å². The molecule has 1 heterocycles. The number of pyridine rings is 1. The smallest absolute Gasteiger partial charge is 0.255 e. The van der Waals surface area contributed by atoms with Gasteiger partial charge in [0, 0.05) is 24.1 Å². The van der Waals surface area contributed by atoms with E-state index in [-0.39, 0.29) is 11.9 Å². The molecule has 1 amide bonds. The minimum Gasteiger partial charge on any atom is -0.398 e. The van der Waals surface area contributed by atoms with E-state index >= 15 is 0 Å². The standard InChI is InChI=1S/C12H19N3O/c1-8(2)6-9(3)15-12(16)10-7-14-5-4-11(10)13/h4-5,7-9H,6H2,1-3H3,(H2,13,14)(H,15,16). The summed E-state index contributed by atoms with van der Waals surface area (Å²) in [6.45, 7) is 6.24. The molecule has 0 saturated heterocycles. The van der Waals surface area contributed by atoms with Crippen molar-refractivity contribution in [2.75, 3.05) is 5.73 Å². The molecule has 0 aliphatic carbocycles. The van der Waals surface area contributed by atoms with Crippen molar-refractivity contribution in [1.82, 2.24) is 10.3 Å². The highest BCUT2D eigenvalue weighted by molar-refractivity contribution is 5.98. The molecule has 0 aliphatic rings. The van der Waals surface area contributed by atoms with Gasteiger partial charge in [0.05, 0.1) is 5.56 Å². The topological polar surface area (TPSA) is 68.0 Å². The minimum atomic E-state index is -0.154. The first kappa shape index (κ1) is 12.5. The maximum Gasteiger partial charge on any atom is 0.255 e. The van der Waals surface area contributed by atoms with E-state index in [9.17, 15) is 4.79 Å². The van der Waals surface area contributed by atoms with Crippen molar-refractivity contribution in [2.24, 2.45) is 5.92 Å². The Kier molecular flexibility index (Phi) is 4.28. The minimum absolute atomic E-state index is 0.145. The fourth-order valence-corrected chi connectivity index (χ4v) is 1.66. The fraction of sp³-hybridized carbons (Fsp3) is 0.500. The summed E-state index contributed by atoms with van der Waals surface area (Å²) in [4.78, 5) is 15.7. The van der Waals surface area contributed by atoms with Crippen LogP contribution in [0.15, 0.2) is 18.5 Å². The summed E-state index contributed by atoms with van der Waals surface area (Å²) in [6, 6.07) is 1.77.